The van der Waals surface area contributed by atoms with Crippen LogP contribution in [0.3, 0.4) is 0 Å². The van der Waals surface area contributed by atoms with Crippen LogP contribution in [0.4, 0.5) is 5.69 Å². The molecule has 2 N–H and O–H groups in total. The number of sulfonamides is 1. The number of hydrogen-bond donors (Lipinski definition) is 1. The average molecular weight is 384 g/mol. The Bertz CT molecular complexity index is 682. The van der Waals surface area contributed by atoms with Crippen LogP contribution in [0.1, 0.15) is 26.2 Å². The lowest BCUT2D eigenvalue weighted by molar-refractivity contribution is -0.387. The Hall–Kier alpha value is -0.930. The van der Waals surface area contributed by atoms with Crippen molar-refractivity contribution in [1.29, 1.82) is 0 Å². The minimum absolute atomic E-state index is 0. The van der Waals surface area contributed by atoms with E-state index in [1.807, 2.05) is 0 Å². The van der Waals surface area contributed by atoms with Crippen LogP contribution in [0, 0.1) is 10.1 Å². The van der Waals surface area contributed by atoms with Crippen molar-refractivity contribution >= 4 is 39.7 Å². The largest absolute Gasteiger partial charge is 0.326 e. The predicted molar refractivity (Wildman–Crippen MR) is 90.5 cm³/mol. The summed E-state index contributed by atoms with van der Waals surface area (Å²) in [5, 5.41) is 11.0. The van der Waals surface area contributed by atoms with E-state index in [1.165, 1.54) is 16.4 Å². The topological polar surface area (TPSA) is 107 Å². The molecule has 0 radical (unpaired) electrons. The van der Waals surface area contributed by atoms with Gasteiger partial charge >= 0.3 is 0 Å². The molecule has 1 aromatic rings. The number of piperidine rings is 1. The van der Waals surface area contributed by atoms with Crippen molar-refractivity contribution in [1.82, 2.24) is 4.31 Å². The number of hydrogen-bond acceptors (Lipinski definition) is 5. The van der Waals surface area contributed by atoms with Gasteiger partial charge < -0.3 is 5.73 Å². The van der Waals surface area contributed by atoms with Gasteiger partial charge in [0.15, 0.2) is 4.90 Å². The molecule has 0 saturated carbocycles. The van der Waals surface area contributed by atoms with Crippen molar-refractivity contribution in [3.8, 4) is 0 Å². The number of nitro groups is 1. The molecule has 1 aromatic carbocycles. The molecule has 2 atom stereocenters. The van der Waals surface area contributed by atoms with Gasteiger partial charge in [-0.3, -0.25) is 10.1 Å². The minimum atomic E-state index is -4.08. The summed E-state index contributed by atoms with van der Waals surface area (Å²) in [6, 6.07) is 3.10. The lowest BCUT2D eigenvalue weighted by Gasteiger charge is -2.36. The second kappa shape index (κ2) is 7.76. The van der Waals surface area contributed by atoms with Gasteiger partial charge in [0.2, 0.25) is 0 Å². The second-order valence-corrected chi connectivity index (χ2v) is 7.62. The van der Waals surface area contributed by atoms with Gasteiger partial charge in [-0.2, -0.15) is 4.31 Å². The van der Waals surface area contributed by atoms with Crippen LogP contribution in [-0.4, -0.2) is 36.3 Å². The van der Waals surface area contributed by atoms with E-state index in [2.05, 4.69) is 0 Å². The van der Waals surface area contributed by atoms with E-state index in [1.54, 1.807) is 6.92 Å². The Balaban J connectivity index is 0.00000264. The highest BCUT2D eigenvalue weighted by Gasteiger charge is 2.40. The van der Waals surface area contributed by atoms with Crippen LogP contribution >= 0.6 is 24.0 Å². The van der Waals surface area contributed by atoms with E-state index in [-0.39, 0.29) is 36.1 Å². The Morgan fingerprint density at radius 3 is 2.65 bits per heavy atom. The normalized spacial score (nSPS) is 20.6. The molecular formula is C13H19Cl2N3O4S. The highest BCUT2D eigenvalue weighted by atomic mass is 35.5. The van der Waals surface area contributed by atoms with Crippen molar-refractivity contribution in [3.63, 3.8) is 0 Å². The van der Waals surface area contributed by atoms with Crippen LogP contribution in [0.25, 0.3) is 0 Å². The molecule has 0 spiro atoms. The van der Waals surface area contributed by atoms with E-state index < -0.39 is 25.5 Å². The molecule has 1 aliphatic heterocycles. The van der Waals surface area contributed by atoms with Crippen molar-refractivity contribution in [2.45, 2.75) is 43.2 Å². The molecular weight excluding hydrogens is 365 g/mol. The number of benzene rings is 1. The Labute approximate surface area is 146 Å². The third-order valence-corrected chi connectivity index (χ3v) is 6.26. The van der Waals surface area contributed by atoms with E-state index >= 15 is 0 Å². The average Bonchev–Trinajstić information content (AvgIpc) is 2.46. The zero-order valence-electron chi connectivity index (χ0n) is 12.5. The summed E-state index contributed by atoms with van der Waals surface area (Å²) in [7, 11) is -4.08. The third-order valence-electron chi connectivity index (χ3n) is 3.81. The number of halogens is 2. The molecule has 0 bridgehead atoms. The molecule has 1 saturated heterocycles. The molecule has 2 unspecified atom stereocenters. The van der Waals surface area contributed by atoms with Crippen LogP contribution in [0.2, 0.25) is 5.02 Å². The Morgan fingerprint density at radius 1 is 1.43 bits per heavy atom. The molecule has 130 valence electrons. The van der Waals surface area contributed by atoms with Gasteiger partial charge in [0.25, 0.3) is 15.7 Å². The quantitative estimate of drug-likeness (QED) is 0.634. The maximum Gasteiger partial charge on any atom is 0.290 e. The molecule has 1 heterocycles. The first-order valence-corrected chi connectivity index (χ1v) is 8.79. The smallest absolute Gasteiger partial charge is 0.290 e. The fraction of sp³-hybridized carbons (Fsp3) is 0.538. The predicted octanol–water partition coefficient (Wildman–Crippen LogP) is 2.56. The minimum Gasteiger partial charge on any atom is -0.326 e. The van der Waals surface area contributed by atoms with E-state index in [9.17, 15) is 18.5 Å². The Morgan fingerprint density at radius 2 is 2.09 bits per heavy atom. The summed E-state index contributed by atoms with van der Waals surface area (Å²) >= 11 is 5.96. The van der Waals surface area contributed by atoms with Gasteiger partial charge in [0.05, 0.1) is 9.95 Å². The van der Waals surface area contributed by atoms with Crippen LogP contribution in [0.5, 0.6) is 0 Å². The van der Waals surface area contributed by atoms with Gasteiger partial charge in [-0.15, -0.1) is 12.4 Å². The monoisotopic (exact) mass is 383 g/mol. The highest BCUT2D eigenvalue weighted by Crippen LogP contribution is 2.36. The van der Waals surface area contributed by atoms with Gasteiger partial charge in [-0.05, 0) is 25.8 Å². The van der Waals surface area contributed by atoms with Crippen molar-refractivity contribution < 1.29 is 13.3 Å². The van der Waals surface area contributed by atoms with E-state index in [0.717, 1.165) is 12.5 Å². The van der Waals surface area contributed by atoms with E-state index in [0.29, 0.717) is 12.8 Å². The Kier molecular flexibility index (Phi) is 6.79. The maximum atomic E-state index is 12.9. The van der Waals surface area contributed by atoms with Crippen LogP contribution in [-0.2, 0) is 10.0 Å². The zero-order valence-corrected chi connectivity index (χ0v) is 14.9. The SMILES string of the molecule is CC(N)C1CCCCN1S(=O)(=O)c1c(Cl)cccc1[N+](=O)[O-].Cl. The van der Waals surface area contributed by atoms with Crippen molar-refractivity contribution in [2.75, 3.05) is 6.54 Å². The highest BCUT2D eigenvalue weighted by molar-refractivity contribution is 7.89. The molecule has 0 aromatic heterocycles. The van der Waals surface area contributed by atoms with Gasteiger partial charge in [0.1, 0.15) is 0 Å². The first-order chi connectivity index (χ1) is 10.3. The summed E-state index contributed by atoms with van der Waals surface area (Å²) in [6.45, 7) is 2.02. The molecule has 1 fully saturated rings. The van der Waals surface area contributed by atoms with Crippen LogP contribution < -0.4 is 5.73 Å². The lowest BCUT2D eigenvalue weighted by Crippen LogP contribution is -2.51. The van der Waals surface area contributed by atoms with Crippen molar-refractivity contribution in [2.24, 2.45) is 5.73 Å². The first-order valence-electron chi connectivity index (χ1n) is 6.97. The molecule has 23 heavy (non-hydrogen) atoms. The molecule has 10 heteroatoms. The second-order valence-electron chi connectivity index (χ2n) is 5.38. The summed E-state index contributed by atoms with van der Waals surface area (Å²) in [6.07, 6.45) is 2.21. The summed E-state index contributed by atoms with van der Waals surface area (Å²) in [5.41, 5.74) is 5.38. The standard InChI is InChI=1S/C13H18ClN3O4S.ClH/c1-9(15)11-6-2-3-8-16(11)22(20,21)13-10(14)5-4-7-12(13)17(18)19;/h4-5,7,9,11H,2-3,6,8,15H2,1H3;1H. The summed E-state index contributed by atoms with van der Waals surface area (Å²) in [5.74, 6) is 0. The number of nitrogens with zero attached hydrogens (tertiary/aromatic N) is 2. The zero-order chi connectivity index (χ0) is 16.5. The summed E-state index contributed by atoms with van der Waals surface area (Å²) in [4.78, 5) is 9.98. The van der Waals surface area contributed by atoms with Gasteiger partial charge in [0, 0.05) is 24.7 Å². The number of nitrogens with two attached hydrogens (primary N) is 1. The summed E-state index contributed by atoms with van der Waals surface area (Å²) < 4.78 is 27.1. The van der Waals surface area contributed by atoms with Gasteiger partial charge in [-0.1, -0.05) is 24.1 Å². The molecule has 1 aliphatic rings. The third kappa shape index (κ3) is 3.95. The fourth-order valence-electron chi connectivity index (χ4n) is 2.77. The van der Waals surface area contributed by atoms with Crippen molar-refractivity contribution in [3.05, 3.63) is 33.3 Å². The maximum absolute atomic E-state index is 12.9. The molecule has 0 aliphatic carbocycles. The molecule has 0 amide bonds. The van der Waals surface area contributed by atoms with E-state index in [4.69, 9.17) is 17.3 Å². The lowest BCUT2D eigenvalue weighted by atomic mass is 10.00. The van der Waals surface area contributed by atoms with Gasteiger partial charge in [-0.25, -0.2) is 8.42 Å². The molecule has 2 rings (SSSR count). The fourth-order valence-corrected chi connectivity index (χ4v) is 5.21. The first kappa shape index (κ1) is 20.1. The number of rotatable bonds is 4. The number of nitro benzene ring substituents is 1. The molecule has 7 nitrogen and oxygen atoms in total. The van der Waals surface area contributed by atoms with Crippen LogP contribution in [0.15, 0.2) is 23.1 Å².